The fourth-order valence-electron chi connectivity index (χ4n) is 0.936. The molecule has 0 heterocycles. The molecule has 0 aromatic rings. The Hall–Kier alpha value is -1.08. The van der Waals surface area contributed by atoms with E-state index in [1.54, 1.807) is 11.9 Å². The maximum Gasteiger partial charge on any atom is 0.223 e. The summed E-state index contributed by atoms with van der Waals surface area (Å²) >= 11 is 0. The summed E-state index contributed by atoms with van der Waals surface area (Å²) in [6.07, 6.45) is 0.735. The molecule has 80 valence electrons. The predicted octanol–water partition coefficient (Wildman–Crippen LogP) is 0.732. The molecule has 0 radical (unpaired) electrons. The van der Waals surface area contributed by atoms with Gasteiger partial charge in [0.05, 0.1) is 12.5 Å². The minimum absolute atomic E-state index is 0.0152. The molecule has 14 heavy (non-hydrogen) atoms. The van der Waals surface area contributed by atoms with Gasteiger partial charge in [0.2, 0.25) is 5.91 Å². The van der Waals surface area contributed by atoms with Crippen molar-refractivity contribution in [3.05, 3.63) is 0 Å². The maximum absolute atomic E-state index is 11.5. The van der Waals surface area contributed by atoms with Crippen LogP contribution in [0.3, 0.4) is 0 Å². The van der Waals surface area contributed by atoms with Gasteiger partial charge in [-0.15, -0.1) is 0 Å². The molecule has 0 saturated heterocycles. The van der Waals surface area contributed by atoms with E-state index in [2.05, 4.69) is 0 Å². The highest BCUT2D eigenvalue weighted by Gasteiger charge is 2.15. The second-order valence-electron chi connectivity index (χ2n) is 3.84. The molecule has 0 rings (SSSR count). The van der Waals surface area contributed by atoms with Crippen LogP contribution in [-0.2, 0) is 4.79 Å². The van der Waals surface area contributed by atoms with Gasteiger partial charge in [-0.3, -0.25) is 4.79 Å². The molecule has 0 bridgehead atoms. The Labute approximate surface area is 85.7 Å². The smallest absolute Gasteiger partial charge is 0.223 e. The van der Waals surface area contributed by atoms with Crippen molar-refractivity contribution in [3.63, 3.8) is 0 Å². The van der Waals surface area contributed by atoms with E-state index >= 15 is 0 Å². The largest absolute Gasteiger partial charge is 0.345 e. The first kappa shape index (κ1) is 12.9. The minimum Gasteiger partial charge on any atom is -0.345 e. The molecular formula is C10H19N3O. The van der Waals surface area contributed by atoms with Crippen molar-refractivity contribution in [2.24, 2.45) is 11.7 Å². The van der Waals surface area contributed by atoms with Gasteiger partial charge in [-0.05, 0) is 5.92 Å². The number of rotatable bonds is 5. The zero-order chi connectivity index (χ0) is 11.1. The zero-order valence-electron chi connectivity index (χ0n) is 9.16. The summed E-state index contributed by atoms with van der Waals surface area (Å²) in [6, 6.07) is 1.91. The number of amides is 1. The van der Waals surface area contributed by atoms with Crippen LogP contribution in [0.2, 0.25) is 0 Å². The average Bonchev–Trinajstić information content (AvgIpc) is 2.13. The van der Waals surface area contributed by atoms with Crippen LogP contribution in [0.4, 0.5) is 0 Å². The second kappa shape index (κ2) is 6.39. The van der Waals surface area contributed by atoms with Crippen molar-refractivity contribution < 1.29 is 4.79 Å². The van der Waals surface area contributed by atoms with Gasteiger partial charge in [0.1, 0.15) is 0 Å². The van der Waals surface area contributed by atoms with Crippen molar-refractivity contribution in [2.45, 2.75) is 32.7 Å². The molecule has 0 aromatic heterocycles. The normalized spacial score (nSPS) is 12.3. The lowest BCUT2D eigenvalue weighted by atomic mass is 10.0. The summed E-state index contributed by atoms with van der Waals surface area (Å²) in [7, 11) is 1.70. The molecule has 0 spiro atoms. The fourth-order valence-corrected chi connectivity index (χ4v) is 0.936. The molecule has 0 aliphatic heterocycles. The topological polar surface area (TPSA) is 70.1 Å². The monoisotopic (exact) mass is 197 g/mol. The number of carbonyl (C=O) groups excluding carboxylic acids is 1. The van der Waals surface area contributed by atoms with E-state index in [1.807, 2.05) is 19.9 Å². The van der Waals surface area contributed by atoms with E-state index in [0.717, 1.165) is 0 Å². The van der Waals surface area contributed by atoms with Gasteiger partial charge in [-0.25, -0.2) is 0 Å². The molecule has 1 atom stereocenters. The van der Waals surface area contributed by atoms with Crippen LogP contribution in [0, 0.1) is 17.2 Å². The third-order valence-electron chi connectivity index (χ3n) is 2.25. The van der Waals surface area contributed by atoms with Gasteiger partial charge >= 0.3 is 0 Å². The summed E-state index contributed by atoms with van der Waals surface area (Å²) in [4.78, 5) is 13.1. The SMILES string of the molecule is CC(C)C(N)CC(=O)N(C)CCC#N. The van der Waals surface area contributed by atoms with Crippen molar-refractivity contribution in [2.75, 3.05) is 13.6 Å². The van der Waals surface area contributed by atoms with E-state index in [1.165, 1.54) is 0 Å². The zero-order valence-corrected chi connectivity index (χ0v) is 9.16. The lowest BCUT2D eigenvalue weighted by molar-refractivity contribution is -0.130. The van der Waals surface area contributed by atoms with E-state index in [9.17, 15) is 4.79 Å². The molecule has 0 aromatic carbocycles. The first-order chi connectivity index (χ1) is 6.49. The molecule has 0 aliphatic rings. The van der Waals surface area contributed by atoms with Crippen molar-refractivity contribution in [1.82, 2.24) is 4.90 Å². The highest BCUT2D eigenvalue weighted by Crippen LogP contribution is 2.04. The number of nitriles is 1. The molecule has 0 fully saturated rings. The summed E-state index contributed by atoms with van der Waals surface area (Å²) in [5.41, 5.74) is 5.77. The van der Waals surface area contributed by atoms with Gasteiger partial charge in [-0.1, -0.05) is 13.8 Å². The summed E-state index contributed by atoms with van der Waals surface area (Å²) in [6.45, 7) is 4.47. The molecule has 1 unspecified atom stereocenters. The maximum atomic E-state index is 11.5. The average molecular weight is 197 g/mol. The van der Waals surface area contributed by atoms with Gasteiger partial charge in [0.25, 0.3) is 0 Å². The minimum atomic E-state index is -0.0907. The summed E-state index contributed by atoms with van der Waals surface area (Å²) in [5, 5.41) is 8.35. The number of nitrogens with two attached hydrogens (primary N) is 1. The highest BCUT2D eigenvalue weighted by atomic mass is 16.2. The van der Waals surface area contributed by atoms with Crippen molar-refractivity contribution >= 4 is 5.91 Å². The quantitative estimate of drug-likeness (QED) is 0.706. The molecule has 0 aliphatic carbocycles. The Kier molecular flexibility index (Phi) is 5.89. The van der Waals surface area contributed by atoms with Crippen LogP contribution in [0.1, 0.15) is 26.7 Å². The van der Waals surface area contributed by atoms with Gasteiger partial charge in [0, 0.05) is 26.1 Å². The molecule has 0 saturated carbocycles. The third kappa shape index (κ3) is 4.83. The number of hydrogen-bond donors (Lipinski definition) is 1. The van der Waals surface area contributed by atoms with Crippen LogP contribution in [0.5, 0.6) is 0 Å². The number of carbonyl (C=O) groups is 1. The van der Waals surface area contributed by atoms with E-state index < -0.39 is 0 Å². The Morgan fingerprint density at radius 2 is 2.14 bits per heavy atom. The Bertz CT molecular complexity index is 220. The van der Waals surface area contributed by atoms with E-state index in [4.69, 9.17) is 11.0 Å². The molecule has 4 heteroatoms. The molecular weight excluding hydrogens is 178 g/mol. The first-order valence-electron chi connectivity index (χ1n) is 4.85. The van der Waals surface area contributed by atoms with E-state index in [0.29, 0.717) is 25.3 Å². The lowest BCUT2D eigenvalue weighted by Gasteiger charge is -2.20. The van der Waals surface area contributed by atoms with Crippen LogP contribution >= 0.6 is 0 Å². The van der Waals surface area contributed by atoms with Crippen LogP contribution in [0.15, 0.2) is 0 Å². The molecule has 2 N–H and O–H groups in total. The van der Waals surface area contributed by atoms with Gasteiger partial charge < -0.3 is 10.6 Å². The molecule has 4 nitrogen and oxygen atoms in total. The van der Waals surface area contributed by atoms with E-state index in [-0.39, 0.29) is 11.9 Å². The van der Waals surface area contributed by atoms with Crippen molar-refractivity contribution in [1.29, 1.82) is 5.26 Å². The van der Waals surface area contributed by atoms with Gasteiger partial charge in [-0.2, -0.15) is 5.26 Å². The first-order valence-corrected chi connectivity index (χ1v) is 4.85. The molecule has 1 amide bonds. The number of hydrogen-bond acceptors (Lipinski definition) is 3. The Morgan fingerprint density at radius 3 is 2.57 bits per heavy atom. The standard InChI is InChI=1S/C10H19N3O/c1-8(2)9(12)7-10(14)13(3)6-4-5-11/h8-9H,4,6-7,12H2,1-3H3. The highest BCUT2D eigenvalue weighted by molar-refractivity contribution is 5.76. The van der Waals surface area contributed by atoms with Gasteiger partial charge in [0.15, 0.2) is 0 Å². The van der Waals surface area contributed by atoms with Crippen LogP contribution in [0.25, 0.3) is 0 Å². The second-order valence-corrected chi connectivity index (χ2v) is 3.84. The third-order valence-corrected chi connectivity index (χ3v) is 2.25. The fraction of sp³-hybridized carbons (Fsp3) is 0.800. The lowest BCUT2D eigenvalue weighted by Crippen LogP contribution is -2.36. The summed E-state index contributed by atoms with van der Waals surface area (Å²) < 4.78 is 0. The predicted molar refractivity (Wildman–Crippen MR) is 55.3 cm³/mol. The summed E-state index contributed by atoms with van der Waals surface area (Å²) in [5.74, 6) is 0.324. The Morgan fingerprint density at radius 1 is 1.57 bits per heavy atom. The van der Waals surface area contributed by atoms with Crippen LogP contribution in [-0.4, -0.2) is 30.4 Å². The number of nitrogens with zero attached hydrogens (tertiary/aromatic N) is 2. The Balaban J connectivity index is 3.90. The van der Waals surface area contributed by atoms with Crippen molar-refractivity contribution in [3.8, 4) is 6.07 Å². The van der Waals surface area contributed by atoms with Crippen LogP contribution < -0.4 is 5.73 Å².